The minimum Gasteiger partial charge on any atom is -0.370 e. The molecule has 1 aliphatic heterocycles. The maximum absolute atomic E-state index is 12.4. The molecule has 154 valence electrons. The highest BCUT2D eigenvalue weighted by atomic mass is 35.5. The number of carbonyl (C=O) groups is 1. The Kier molecular flexibility index (Phi) is 7.88. The van der Waals surface area contributed by atoms with Gasteiger partial charge >= 0.3 is 0 Å². The molecule has 0 saturated carbocycles. The lowest BCUT2D eigenvalue weighted by molar-refractivity contribution is -0.908. The van der Waals surface area contributed by atoms with Crippen molar-refractivity contribution in [2.45, 2.75) is 16.2 Å². The molecule has 1 aliphatic rings. The molecule has 2 aromatic carbocycles. The van der Waals surface area contributed by atoms with Crippen LogP contribution in [0.15, 0.2) is 52.3 Å². The monoisotopic (exact) mass is 436 g/mol. The maximum atomic E-state index is 12.4. The third kappa shape index (κ3) is 6.17. The van der Waals surface area contributed by atoms with Crippen molar-refractivity contribution in [3.05, 3.63) is 63.2 Å². The van der Waals surface area contributed by atoms with Gasteiger partial charge in [0.15, 0.2) is 0 Å². The van der Waals surface area contributed by atoms with Gasteiger partial charge in [-0.3, -0.25) is 14.9 Å². The zero-order chi connectivity index (χ0) is 20.6. The van der Waals surface area contributed by atoms with Crippen molar-refractivity contribution in [3.63, 3.8) is 0 Å². The highest BCUT2D eigenvalue weighted by Crippen LogP contribution is 2.38. The molecule has 0 radical (unpaired) electrons. The molecule has 1 heterocycles. The Morgan fingerprint density at radius 2 is 1.97 bits per heavy atom. The highest BCUT2D eigenvalue weighted by Gasteiger charge is 2.19. The summed E-state index contributed by atoms with van der Waals surface area (Å²) in [5.41, 5.74) is 0.166. The smallest absolute Gasteiger partial charge is 0.284 e. The zero-order valence-corrected chi connectivity index (χ0v) is 17.4. The molecule has 0 atom stereocenters. The van der Waals surface area contributed by atoms with Gasteiger partial charge in [-0.15, -0.1) is 0 Å². The van der Waals surface area contributed by atoms with Crippen LogP contribution >= 0.6 is 23.4 Å². The summed E-state index contributed by atoms with van der Waals surface area (Å²) >= 11 is 7.36. The van der Waals surface area contributed by atoms with Gasteiger partial charge in [0.25, 0.3) is 11.6 Å². The van der Waals surface area contributed by atoms with Gasteiger partial charge in [0.05, 0.1) is 34.6 Å². The summed E-state index contributed by atoms with van der Waals surface area (Å²) in [5.74, 6) is -0.306. The number of hydrogen-bond acceptors (Lipinski definition) is 5. The molecule has 0 bridgehead atoms. The van der Waals surface area contributed by atoms with Crippen LogP contribution in [0.1, 0.15) is 16.8 Å². The molecule has 0 unspecified atom stereocenters. The van der Waals surface area contributed by atoms with Gasteiger partial charge in [0, 0.05) is 29.5 Å². The normalized spacial score (nSPS) is 14.5. The summed E-state index contributed by atoms with van der Waals surface area (Å²) in [7, 11) is 0. The van der Waals surface area contributed by atoms with Gasteiger partial charge in [-0.1, -0.05) is 35.5 Å². The first-order valence-corrected chi connectivity index (χ1v) is 10.6. The SMILES string of the molecule is O=C(NCCC[NH+]1CCOCC1)c1ccc(Sc2ccccc2Cl)c([N+](=O)[O-])c1. The van der Waals surface area contributed by atoms with Gasteiger partial charge in [-0.2, -0.15) is 0 Å². The van der Waals surface area contributed by atoms with Crippen LogP contribution < -0.4 is 10.2 Å². The van der Waals surface area contributed by atoms with Gasteiger partial charge in [-0.25, -0.2) is 0 Å². The molecule has 2 N–H and O–H groups in total. The number of hydrogen-bond donors (Lipinski definition) is 2. The molecule has 0 aromatic heterocycles. The molecule has 1 saturated heterocycles. The number of benzene rings is 2. The first kappa shape index (κ1) is 21.6. The number of nitrogens with one attached hydrogen (secondary N) is 2. The Hall–Kier alpha value is -2.13. The summed E-state index contributed by atoms with van der Waals surface area (Å²) in [6.45, 7) is 5.05. The standard InChI is InChI=1S/C20H22ClN3O4S/c21-16-4-1-2-5-18(16)29-19-7-6-15(14-17(19)24(26)27)20(25)22-8-3-9-23-10-12-28-13-11-23/h1-2,4-7,14H,3,8-13H2,(H,22,25)/p+1. The van der Waals surface area contributed by atoms with E-state index >= 15 is 0 Å². The Balaban J connectivity index is 1.60. The van der Waals surface area contributed by atoms with Crippen LogP contribution in [0.4, 0.5) is 5.69 Å². The molecule has 7 nitrogen and oxygen atoms in total. The van der Waals surface area contributed by atoms with Crippen molar-refractivity contribution < 1.29 is 19.4 Å². The van der Waals surface area contributed by atoms with Crippen molar-refractivity contribution in [2.75, 3.05) is 39.4 Å². The Morgan fingerprint density at radius 3 is 2.69 bits per heavy atom. The minimum atomic E-state index is -0.474. The second-order valence-electron chi connectivity index (χ2n) is 6.69. The van der Waals surface area contributed by atoms with Crippen LogP contribution in [0.25, 0.3) is 0 Å². The quantitative estimate of drug-likeness (QED) is 0.377. The molecular weight excluding hydrogens is 414 g/mol. The van der Waals surface area contributed by atoms with Crippen LogP contribution in [0.3, 0.4) is 0 Å². The second-order valence-corrected chi connectivity index (χ2v) is 8.18. The summed E-state index contributed by atoms with van der Waals surface area (Å²) in [5, 5.41) is 14.9. The van der Waals surface area contributed by atoms with Gasteiger partial charge in [-0.05, 0) is 24.3 Å². The van der Waals surface area contributed by atoms with Crippen LogP contribution in [0.2, 0.25) is 5.02 Å². The molecule has 2 aromatic rings. The zero-order valence-electron chi connectivity index (χ0n) is 15.9. The number of nitrogens with zero attached hydrogens (tertiary/aromatic N) is 1. The van der Waals surface area contributed by atoms with Gasteiger partial charge in [0.1, 0.15) is 13.1 Å². The Bertz CT molecular complexity index is 875. The number of ether oxygens (including phenoxy) is 1. The predicted molar refractivity (Wildman–Crippen MR) is 112 cm³/mol. The van der Waals surface area contributed by atoms with Gasteiger partial charge in [0.2, 0.25) is 0 Å². The molecule has 9 heteroatoms. The van der Waals surface area contributed by atoms with Crippen LogP contribution in [0, 0.1) is 10.1 Å². The first-order chi connectivity index (χ1) is 14.0. The van der Waals surface area contributed by atoms with Crippen molar-refractivity contribution in [3.8, 4) is 0 Å². The number of morpholine rings is 1. The van der Waals surface area contributed by atoms with Crippen LogP contribution in [-0.2, 0) is 4.74 Å². The van der Waals surface area contributed by atoms with Gasteiger partial charge < -0.3 is 15.0 Å². The summed E-state index contributed by atoms with van der Waals surface area (Å²) in [4.78, 5) is 26.1. The molecule has 1 fully saturated rings. The number of carbonyl (C=O) groups excluding carboxylic acids is 1. The Labute approximate surface area is 178 Å². The lowest BCUT2D eigenvalue weighted by Gasteiger charge is -2.23. The molecule has 29 heavy (non-hydrogen) atoms. The lowest BCUT2D eigenvalue weighted by atomic mass is 10.2. The van der Waals surface area contributed by atoms with Crippen molar-refractivity contribution in [2.24, 2.45) is 0 Å². The van der Waals surface area contributed by atoms with E-state index in [0.29, 0.717) is 16.5 Å². The van der Waals surface area contributed by atoms with E-state index in [1.165, 1.54) is 22.7 Å². The number of nitro benzene ring substituents is 1. The van der Waals surface area contributed by atoms with Crippen LogP contribution in [0.5, 0.6) is 0 Å². The first-order valence-electron chi connectivity index (χ1n) is 9.45. The minimum absolute atomic E-state index is 0.111. The third-order valence-corrected chi connectivity index (χ3v) is 6.25. The van der Waals surface area contributed by atoms with Crippen molar-refractivity contribution >= 4 is 35.0 Å². The van der Waals surface area contributed by atoms with E-state index in [1.54, 1.807) is 30.3 Å². The fraction of sp³-hybridized carbons (Fsp3) is 0.350. The largest absolute Gasteiger partial charge is 0.370 e. The topological polar surface area (TPSA) is 85.9 Å². The lowest BCUT2D eigenvalue weighted by Crippen LogP contribution is -3.14. The molecule has 3 rings (SSSR count). The van der Waals surface area contributed by atoms with E-state index in [4.69, 9.17) is 16.3 Å². The molecule has 0 spiro atoms. The van der Waals surface area contributed by atoms with Crippen molar-refractivity contribution in [1.82, 2.24) is 5.32 Å². The average molecular weight is 437 g/mol. The number of quaternary nitrogens is 1. The predicted octanol–water partition coefficient (Wildman–Crippen LogP) is 2.43. The summed E-state index contributed by atoms with van der Waals surface area (Å²) in [6.07, 6.45) is 0.851. The van der Waals surface area contributed by atoms with E-state index in [0.717, 1.165) is 44.2 Å². The second kappa shape index (κ2) is 10.6. The maximum Gasteiger partial charge on any atom is 0.284 e. The number of nitro groups is 1. The molecular formula is C20H23ClN3O4S+. The number of amides is 1. The Morgan fingerprint density at radius 1 is 1.21 bits per heavy atom. The third-order valence-electron chi connectivity index (χ3n) is 4.67. The number of halogens is 1. The van der Waals surface area contributed by atoms with E-state index in [-0.39, 0.29) is 17.2 Å². The highest BCUT2D eigenvalue weighted by molar-refractivity contribution is 7.99. The fourth-order valence-corrected chi connectivity index (χ4v) is 4.26. The van der Waals surface area contributed by atoms with E-state index in [9.17, 15) is 14.9 Å². The van der Waals surface area contributed by atoms with E-state index in [2.05, 4.69) is 5.32 Å². The molecule has 1 amide bonds. The van der Waals surface area contributed by atoms with E-state index < -0.39 is 4.92 Å². The fourth-order valence-electron chi connectivity index (χ4n) is 3.09. The number of rotatable bonds is 8. The average Bonchev–Trinajstić information content (AvgIpc) is 2.73. The van der Waals surface area contributed by atoms with Crippen molar-refractivity contribution in [1.29, 1.82) is 0 Å². The van der Waals surface area contributed by atoms with E-state index in [1.807, 2.05) is 6.07 Å². The summed E-state index contributed by atoms with van der Waals surface area (Å²) < 4.78 is 5.33. The molecule has 0 aliphatic carbocycles. The summed E-state index contributed by atoms with van der Waals surface area (Å²) in [6, 6.07) is 11.7. The van der Waals surface area contributed by atoms with Crippen LogP contribution in [-0.4, -0.2) is 50.2 Å².